The molecule has 1 saturated heterocycles. The summed E-state index contributed by atoms with van der Waals surface area (Å²) < 4.78 is 5.02. The number of hydrogen-bond donors (Lipinski definition) is 2. The van der Waals surface area contributed by atoms with Crippen molar-refractivity contribution in [2.24, 2.45) is 5.92 Å². The van der Waals surface area contributed by atoms with E-state index >= 15 is 0 Å². The highest BCUT2D eigenvalue weighted by Crippen LogP contribution is 2.25. The van der Waals surface area contributed by atoms with Crippen molar-refractivity contribution in [3.8, 4) is 5.75 Å². The van der Waals surface area contributed by atoms with E-state index < -0.39 is 36.3 Å². The lowest BCUT2D eigenvalue weighted by Gasteiger charge is -2.29. The van der Waals surface area contributed by atoms with Gasteiger partial charge in [0.1, 0.15) is 12.3 Å². The van der Waals surface area contributed by atoms with E-state index in [4.69, 9.17) is 4.74 Å². The van der Waals surface area contributed by atoms with Crippen molar-refractivity contribution in [3.05, 3.63) is 24.3 Å². The first kappa shape index (κ1) is 21.3. The van der Waals surface area contributed by atoms with E-state index in [0.717, 1.165) is 25.7 Å². The van der Waals surface area contributed by atoms with E-state index in [2.05, 4.69) is 10.6 Å². The number of rotatable bonds is 5. The number of nitrogens with zero attached hydrogens (tertiary/aromatic N) is 2. The average molecular weight is 416 g/mol. The first-order valence-electron chi connectivity index (χ1n) is 9.76. The highest BCUT2D eigenvalue weighted by atomic mass is 16.5. The molecule has 2 N–H and O–H groups in total. The minimum Gasteiger partial charge on any atom is -0.497 e. The highest BCUT2D eigenvalue weighted by molar-refractivity contribution is 6.53. The zero-order valence-corrected chi connectivity index (χ0v) is 16.8. The van der Waals surface area contributed by atoms with Gasteiger partial charge < -0.3 is 10.1 Å². The Hall–Kier alpha value is -3.43. The summed E-state index contributed by atoms with van der Waals surface area (Å²) in [5.74, 6) is -2.25. The smallest absolute Gasteiger partial charge is 0.339 e. The molecule has 2 aliphatic rings. The second-order valence-electron chi connectivity index (χ2n) is 7.40. The molecule has 0 unspecified atom stereocenters. The number of ether oxygens (including phenoxy) is 1. The summed E-state index contributed by atoms with van der Waals surface area (Å²) in [5, 5.41) is 4.87. The number of imide groups is 3. The van der Waals surface area contributed by atoms with E-state index in [1.54, 1.807) is 0 Å². The van der Waals surface area contributed by atoms with Gasteiger partial charge in [0, 0.05) is 6.04 Å². The average Bonchev–Trinajstić information content (AvgIpc) is 2.93. The molecule has 2 fully saturated rings. The SMILES string of the molecule is COc1ccc(N2C(=O)C(=O)N(CC(=O)NC(=O)N[C@@H]3CCCC[C@@H]3C)C2=O)cc1. The molecule has 160 valence electrons. The summed E-state index contributed by atoms with van der Waals surface area (Å²) >= 11 is 0. The van der Waals surface area contributed by atoms with Gasteiger partial charge in [-0.3, -0.25) is 19.7 Å². The molecule has 30 heavy (non-hydrogen) atoms. The number of urea groups is 2. The fraction of sp³-hybridized carbons (Fsp3) is 0.450. The van der Waals surface area contributed by atoms with Crippen molar-refractivity contribution >= 4 is 35.5 Å². The Balaban J connectivity index is 1.60. The Morgan fingerprint density at radius 3 is 2.37 bits per heavy atom. The fourth-order valence-electron chi connectivity index (χ4n) is 3.65. The molecule has 1 saturated carbocycles. The molecule has 1 aromatic carbocycles. The van der Waals surface area contributed by atoms with Crippen LogP contribution in [0.5, 0.6) is 5.75 Å². The summed E-state index contributed by atoms with van der Waals surface area (Å²) in [6, 6.07) is 4.30. The number of methoxy groups -OCH3 is 1. The lowest BCUT2D eigenvalue weighted by Crippen LogP contribution is -2.50. The first-order chi connectivity index (χ1) is 14.3. The number of carbonyl (C=O) groups is 5. The molecular formula is C20H24N4O6. The summed E-state index contributed by atoms with van der Waals surface area (Å²) in [6.07, 6.45) is 3.94. The van der Waals surface area contributed by atoms with Gasteiger partial charge in [-0.25, -0.2) is 19.4 Å². The van der Waals surface area contributed by atoms with Crippen LogP contribution in [-0.4, -0.2) is 54.4 Å². The summed E-state index contributed by atoms with van der Waals surface area (Å²) in [5.41, 5.74) is 0.172. The minimum atomic E-state index is -1.13. The first-order valence-corrected chi connectivity index (χ1v) is 9.76. The highest BCUT2D eigenvalue weighted by Gasteiger charge is 2.46. The number of carbonyl (C=O) groups excluding carboxylic acids is 5. The van der Waals surface area contributed by atoms with Crippen molar-refractivity contribution in [1.29, 1.82) is 0 Å². The Bertz CT molecular complexity index is 869. The lowest BCUT2D eigenvalue weighted by molar-refractivity contribution is -0.140. The summed E-state index contributed by atoms with van der Waals surface area (Å²) in [4.78, 5) is 62.5. The Kier molecular flexibility index (Phi) is 6.34. The van der Waals surface area contributed by atoms with Crippen LogP contribution in [0.25, 0.3) is 0 Å². The van der Waals surface area contributed by atoms with Crippen LogP contribution in [0.4, 0.5) is 15.3 Å². The van der Waals surface area contributed by atoms with Crippen LogP contribution in [0.15, 0.2) is 24.3 Å². The molecule has 1 aromatic rings. The van der Waals surface area contributed by atoms with Gasteiger partial charge in [0.05, 0.1) is 12.8 Å². The van der Waals surface area contributed by atoms with Gasteiger partial charge in [0.2, 0.25) is 5.91 Å². The molecular weight excluding hydrogens is 392 g/mol. The number of benzene rings is 1. The molecule has 0 spiro atoms. The van der Waals surface area contributed by atoms with E-state index in [1.165, 1.54) is 31.4 Å². The number of anilines is 1. The van der Waals surface area contributed by atoms with Crippen LogP contribution in [0, 0.1) is 5.92 Å². The quantitative estimate of drug-likeness (QED) is 0.552. The van der Waals surface area contributed by atoms with E-state index in [-0.39, 0.29) is 11.7 Å². The molecule has 0 radical (unpaired) electrons. The topological polar surface area (TPSA) is 125 Å². The largest absolute Gasteiger partial charge is 0.497 e. The van der Waals surface area contributed by atoms with E-state index in [1.807, 2.05) is 6.92 Å². The maximum absolute atomic E-state index is 12.6. The maximum atomic E-state index is 12.6. The van der Waals surface area contributed by atoms with E-state index in [0.29, 0.717) is 21.5 Å². The van der Waals surface area contributed by atoms with Crippen molar-refractivity contribution in [2.45, 2.75) is 38.6 Å². The summed E-state index contributed by atoms with van der Waals surface area (Å²) in [7, 11) is 1.47. The maximum Gasteiger partial charge on any atom is 0.339 e. The minimum absolute atomic E-state index is 0.0336. The molecule has 3 rings (SSSR count). The predicted octanol–water partition coefficient (Wildman–Crippen LogP) is 1.39. The van der Waals surface area contributed by atoms with Gasteiger partial charge in [-0.05, 0) is 43.0 Å². The summed E-state index contributed by atoms with van der Waals surface area (Å²) in [6.45, 7) is 1.30. The monoisotopic (exact) mass is 416 g/mol. The second-order valence-corrected chi connectivity index (χ2v) is 7.40. The van der Waals surface area contributed by atoms with Crippen LogP contribution in [0.3, 0.4) is 0 Å². The molecule has 1 aliphatic carbocycles. The number of hydrogen-bond acceptors (Lipinski definition) is 6. The number of amides is 7. The molecule has 7 amide bonds. The fourth-order valence-corrected chi connectivity index (χ4v) is 3.65. The van der Waals surface area contributed by atoms with E-state index in [9.17, 15) is 24.0 Å². The standard InChI is InChI=1S/C20H24N4O6/c1-12-5-3-4-6-15(12)21-19(28)22-16(25)11-23-17(26)18(27)24(20(23)29)13-7-9-14(30-2)10-8-13/h7-10,12,15H,3-6,11H2,1-2H3,(H2,21,22,25,28)/t12-,15+/m0/s1. The zero-order chi connectivity index (χ0) is 21.8. The molecule has 1 heterocycles. The van der Waals surface area contributed by atoms with Crippen molar-refractivity contribution in [1.82, 2.24) is 15.5 Å². The normalized spacial score (nSPS) is 21.6. The van der Waals surface area contributed by atoms with Crippen LogP contribution in [0.1, 0.15) is 32.6 Å². The van der Waals surface area contributed by atoms with Crippen molar-refractivity contribution in [3.63, 3.8) is 0 Å². The van der Waals surface area contributed by atoms with Gasteiger partial charge in [0.25, 0.3) is 0 Å². The predicted molar refractivity (Wildman–Crippen MR) is 106 cm³/mol. The van der Waals surface area contributed by atoms with Crippen LogP contribution in [-0.2, 0) is 14.4 Å². The third kappa shape index (κ3) is 4.42. The van der Waals surface area contributed by atoms with Gasteiger partial charge in [-0.1, -0.05) is 19.8 Å². The number of nitrogens with one attached hydrogen (secondary N) is 2. The van der Waals surface area contributed by atoms with Crippen LogP contribution >= 0.6 is 0 Å². The molecule has 0 aromatic heterocycles. The second kappa shape index (κ2) is 8.93. The van der Waals surface area contributed by atoms with Crippen molar-refractivity contribution in [2.75, 3.05) is 18.6 Å². The third-order valence-electron chi connectivity index (χ3n) is 5.37. The molecule has 10 nitrogen and oxygen atoms in total. The molecule has 10 heteroatoms. The Morgan fingerprint density at radius 1 is 1.07 bits per heavy atom. The van der Waals surface area contributed by atoms with Crippen molar-refractivity contribution < 1.29 is 28.7 Å². The Labute approximate surface area is 173 Å². The molecule has 0 bridgehead atoms. The Morgan fingerprint density at radius 2 is 1.73 bits per heavy atom. The lowest BCUT2D eigenvalue weighted by atomic mass is 9.86. The van der Waals surface area contributed by atoms with Gasteiger partial charge in [0.15, 0.2) is 0 Å². The molecule has 2 atom stereocenters. The van der Waals surface area contributed by atoms with Crippen LogP contribution < -0.4 is 20.3 Å². The third-order valence-corrected chi connectivity index (χ3v) is 5.37. The van der Waals surface area contributed by atoms with Gasteiger partial charge in [-0.2, -0.15) is 0 Å². The zero-order valence-electron chi connectivity index (χ0n) is 16.8. The molecule has 1 aliphatic heterocycles. The van der Waals surface area contributed by atoms with Gasteiger partial charge >= 0.3 is 23.9 Å². The van der Waals surface area contributed by atoms with Gasteiger partial charge in [-0.15, -0.1) is 0 Å². The van der Waals surface area contributed by atoms with Crippen LogP contribution in [0.2, 0.25) is 0 Å².